The summed E-state index contributed by atoms with van der Waals surface area (Å²) in [5.41, 5.74) is 1.41. The van der Waals surface area contributed by atoms with Crippen molar-refractivity contribution in [3.05, 3.63) is 124 Å². The summed E-state index contributed by atoms with van der Waals surface area (Å²) in [6.07, 6.45) is 1.69. The van der Waals surface area contributed by atoms with Gasteiger partial charge in [-0.15, -0.1) is 0 Å². The van der Waals surface area contributed by atoms with E-state index in [1.807, 2.05) is 24.3 Å². The molecule has 4 aromatic carbocycles. The van der Waals surface area contributed by atoms with Gasteiger partial charge in [0.1, 0.15) is 17.2 Å². The highest BCUT2D eigenvalue weighted by Crippen LogP contribution is 2.66. The van der Waals surface area contributed by atoms with Gasteiger partial charge in [0.05, 0.1) is 33.6 Å². The van der Waals surface area contributed by atoms with E-state index in [0.717, 1.165) is 11.1 Å². The van der Waals surface area contributed by atoms with Crippen molar-refractivity contribution in [1.82, 2.24) is 5.01 Å². The highest BCUT2D eigenvalue weighted by molar-refractivity contribution is 6.31. The molecule has 0 radical (unpaired) electrons. The lowest BCUT2D eigenvalue weighted by Gasteiger charge is -2.36. The van der Waals surface area contributed by atoms with Crippen molar-refractivity contribution >= 4 is 23.6 Å². The van der Waals surface area contributed by atoms with Crippen LogP contribution in [0.5, 0.6) is 17.2 Å². The molecule has 214 valence electrons. The number of ketones is 3. The number of nitrogens with zero attached hydrogens (tertiary/aromatic N) is 2. The number of methoxy groups -OCH3 is 3. The monoisotopic (exact) mass is 572 g/mol. The van der Waals surface area contributed by atoms with Crippen LogP contribution >= 0.6 is 0 Å². The number of Topliss-reactive ketones (excluding diaryl/α,β-unsaturated/α-hetero) is 3. The molecule has 0 unspecified atom stereocenters. The quantitative estimate of drug-likeness (QED) is 0.222. The van der Waals surface area contributed by atoms with Crippen LogP contribution in [-0.2, 0) is 0 Å². The summed E-state index contributed by atoms with van der Waals surface area (Å²) in [4.78, 5) is 44.6. The number of hydrogen-bond donors (Lipinski definition) is 0. The summed E-state index contributed by atoms with van der Waals surface area (Å²) in [6.45, 7) is 0. The highest BCUT2D eigenvalue weighted by atomic mass is 16.5. The second-order valence-electron chi connectivity index (χ2n) is 10.8. The van der Waals surface area contributed by atoms with E-state index in [2.05, 4.69) is 0 Å². The van der Waals surface area contributed by atoms with Crippen molar-refractivity contribution in [3.63, 3.8) is 0 Å². The Bertz CT molecular complexity index is 1790. The van der Waals surface area contributed by atoms with Crippen LogP contribution in [-0.4, -0.2) is 55.9 Å². The minimum atomic E-state index is -1.72. The second kappa shape index (κ2) is 9.94. The normalized spacial score (nSPS) is 20.9. The fourth-order valence-corrected chi connectivity index (χ4v) is 7.20. The zero-order valence-electron chi connectivity index (χ0n) is 23.8. The van der Waals surface area contributed by atoms with Gasteiger partial charge in [-0.1, -0.05) is 60.7 Å². The molecule has 1 fully saturated rings. The summed E-state index contributed by atoms with van der Waals surface area (Å²) >= 11 is 0. The molecule has 4 aromatic rings. The maximum atomic E-state index is 14.9. The lowest BCUT2D eigenvalue weighted by Crippen LogP contribution is -2.44. The van der Waals surface area contributed by atoms with Crippen molar-refractivity contribution < 1.29 is 28.6 Å². The molecule has 2 heterocycles. The number of ether oxygens (including phenoxy) is 3. The van der Waals surface area contributed by atoms with Crippen molar-refractivity contribution in [2.75, 3.05) is 21.3 Å². The topological polar surface area (TPSA) is 94.5 Å². The fourth-order valence-electron chi connectivity index (χ4n) is 7.20. The number of carbonyl (C=O) groups is 3. The smallest absolute Gasteiger partial charge is 0.187 e. The van der Waals surface area contributed by atoms with Crippen LogP contribution in [0.4, 0.5) is 0 Å². The van der Waals surface area contributed by atoms with Gasteiger partial charge in [0.25, 0.3) is 0 Å². The number of rotatable bonds is 6. The lowest BCUT2D eigenvalue weighted by molar-refractivity contribution is 0.0585. The maximum Gasteiger partial charge on any atom is 0.187 e. The number of hydrazone groups is 1. The Morgan fingerprint density at radius 3 is 2.05 bits per heavy atom. The first-order valence-electron chi connectivity index (χ1n) is 14.0. The number of carbonyl (C=O) groups excluding carboxylic acids is 3. The van der Waals surface area contributed by atoms with Crippen LogP contribution in [0, 0.1) is 5.41 Å². The first kappa shape index (κ1) is 26.6. The van der Waals surface area contributed by atoms with Crippen LogP contribution in [0.2, 0.25) is 0 Å². The molecule has 0 bridgehead atoms. The molecular weight excluding hydrogens is 544 g/mol. The van der Waals surface area contributed by atoms with Gasteiger partial charge in [-0.25, -0.2) is 0 Å². The van der Waals surface area contributed by atoms with E-state index >= 15 is 0 Å². The third kappa shape index (κ3) is 3.56. The molecule has 2 aliphatic heterocycles. The molecule has 43 heavy (non-hydrogen) atoms. The Hall–Kier alpha value is -5.24. The lowest BCUT2D eigenvalue weighted by atomic mass is 9.62. The van der Waals surface area contributed by atoms with Gasteiger partial charge in [-0.2, -0.15) is 5.10 Å². The van der Waals surface area contributed by atoms with E-state index in [9.17, 15) is 14.4 Å². The van der Waals surface area contributed by atoms with Gasteiger partial charge in [-0.05, 0) is 41.5 Å². The van der Waals surface area contributed by atoms with Gasteiger partial charge in [0.15, 0.2) is 28.8 Å². The molecule has 8 heteroatoms. The predicted molar refractivity (Wildman–Crippen MR) is 160 cm³/mol. The molecule has 1 aliphatic carbocycles. The predicted octanol–water partition coefficient (Wildman–Crippen LogP) is 5.52. The van der Waals surface area contributed by atoms with Gasteiger partial charge in [0.2, 0.25) is 0 Å². The van der Waals surface area contributed by atoms with Crippen LogP contribution in [0.3, 0.4) is 0 Å². The van der Waals surface area contributed by atoms with Crippen LogP contribution in [0.15, 0.2) is 96.1 Å². The Morgan fingerprint density at radius 1 is 0.744 bits per heavy atom. The molecule has 1 saturated heterocycles. The zero-order chi connectivity index (χ0) is 29.9. The van der Waals surface area contributed by atoms with E-state index in [0.29, 0.717) is 39.5 Å². The van der Waals surface area contributed by atoms with Crippen LogP contribution in [0.25, 0.3) is 0 Å². The van der Waals surface area contributed by atoms with Gasteiger partial charge in [-0.3, -0.25) is 19.4 Å². The third-order valence-electron chi connectivity index (χ3n) is 8.99. The third-order valence-corrected chi connectivity index (χ3v) is 8.99. The van der Waals surface area contributed by atoms with Crippen molar-refractivity contribution in [2.45, 2.75) is 18.0 Å². The summed E-state index contributed by atoms with van der Waals surface area (Å²) in [6, 6.07) is 24.7. The maximum absolute atomic E-state index is 14.9. The SMILES string of the molecule is COc1ccc(C(=O)[C@@H]2[C@H](c3cccc(OC)c3OC)C3(C(=O)c4ccccc4C3=O)[C@H]3c4ccccc4C=NN23)cc1. The van der Waals surface area contributed by atoms with Crippen LogP contribution in [0.1, 0.15) is 59.7 Å². The highest BCUT2D eigenvalue weighted by Gasteiger charge is 2.73. The van der Waals surface area contributed by atoms with Crippen molar-refractivity contribution in [2.24, 2.45) is 10.5 Å². The van der Waals surface area contributed by atoms with Gasteiger partial charge < -0.3 is 14.2 Å². The van der Waals surface area contributed by atoms with Crippen LogP contribution < -0.4 is 14.2 Å². The Balaban J connectivity index is 1.57. The first-order valence-corrected chi connectivity index (χ1v) is 14.0. The molecule has 3 aliphatic rings. The average molecular weight is 573 g/mol. The number of hydrogen-bond acceptors (Lipinski definition) is 8. The largest absolute Gasteiger partial charge is 0.497 e. The Labute approximate surface area is 248 Å². The minimum absolute atomic E-state index is 0.285. The zero-order valence-corrected chi connectivity index (χ0v) is 23.8. The van der Waals surface area contributed by atoms with Gasteiger partial charge >= 0.3 is 0 Å². The van der Waals surface area contributed by atoms with E-state index < -0.39 is 23.4 Å². The Morgan fingerprint density at radius 2 is 1.40 bits per heavy atom. The number of benzene rings is 4. The second-order valence-corrected chi connectivity index (χ2v) is 10.8. The molecular formula is C35H28N2O6. The van der Waals surface area contributed by atoms with E-state index in [1.54, 1.807) is 85.1 Å². The molecule has 0 amide bonds. The summed E-state index contributed by atoms with van der Waals surface area (Å²) in [5, 5.41) is 6.47. The standard InChI is InChI=1S/C35H28N2O6/c1-41-22-17-15-20(16-18-22)30(38)29-28(26-13-8-14-27(42-2)31(26)43-3)35(33(39)24-11-6-7-12-25(24)34(35)40)32-23-10-5-4-9-21(23)19-36-37(29)32/h4-19,28-29,32H,1-3H3/t28-,29-,32+/m0/s1. The number of para-hydroxylation sites is 1. The van der Waals surface area contributed by atoms with E-state index in [-0.39, 0.29) is 17.3 Å². The molecule has 1 spiro atoms. The number of fused-ring (bicyclic) bond motifs is 5. The summed E-state index contributed by atoms with van der Waals surface area (Å²) in [7, 11) is 4.59. The molecule has 7 rings (SSSR count). The van der Waals surface area contributed by atoms with Crippen molar-refractivity contribution in [1.29, 1.82) is 0 Å². The van der Waals surface area contributed by atoms with Crippen molar-refractivity contribution in [3.8, 4) is 17.2 Å². The summed E-state index contributed by atoms with van der Waals surface area (Å²) in [5.74, 6) is -0.555. The molecule has 8 nitrogen and oxygen atoms in total. The van der Waals surface area contributed by atoms with E-state index in [4.69, 9.17) is 19.3 Å². The molecule has 0 saturated carbocycles. The first-order chi connectivity index (χ1) is 21.0. The minimum Gasteiger partial charge on any atom is -0.497 e. The van der Waals surface area contributed by atoms with E-state index in [1.165, 1.54) is 14.2 Å². The molecule has 0 aromatic heterocycles. The average Bonchev–Trinajstić information content (AvgIpc) is 3.49. The summed E-state index contributed by atoms with van der Waals surface area (Å²) < 4.78 is 16.9. The fraction of sp³-hybridized carbons (Fsp3) is 0.200. The Kier molecular flexibility index (Phi) is 6.16. The molecule has 0 N–H and O–H groups in total. The van der Waals surface area contributed by atoms with Gasteiger partial charge in [0, 0.05) is 28.2 Å². The molecule has 3 atom stereocenters.